The molecule has 0 aliphatic rings. The molecule has 0 fully saturated rings. The van der Waals surface area contributed by atoms with Crippen molar-refractivity contribution in [1.29, 1.82) is 0 Å². The van der Waals surface area contributed by atoms with Gasteiger partial charge in [-0.15, -0.1) is 0 Å². The first-order chi connectivity index (χ1) is 7.72. The van der Waals surface area contributed by atoms with Gasteiger partial charge in [0, 0.05) is 12.4 Å². The van der Waals surface area contributed by atoms with Crippen LogP contribution >= 0.6 is 0 Å². The van der Waals surface area contributed by atoms with Crippen LogP contribution in [0.3, 0.4) is 0 Å². The van der Waals surface area contributed by atoms with Crippen molar-refractivity contribution in [2.75, 3.05) is 7.11 Å². The Morgan fingerprint density at radius 1 is 1.50 bits per heavy atom. The van der Waals surface area contributed by atoms with Crippen LogP contribution < -0.4 is 0 Å². The summed E-state index contributed by atoms with van der Waals surface area (Å²) in [6.45, 7) is 0. The van der Waals surface area contributed by atoms with Crippen molar-refractivity contribution in [3.8, 4) is 11.4 Å². The molecule has 1 N–H and O–H groups in total. The lowest BCUT2D eigenvalue weighted by molar-refractivity contribution is 0.0600. The van der Waals surface area contributed by atoms with Gasteiger partial charge in [0.25, 0.3) is 0 Å². The smallest absolute Gasteiger partial charge is 0.337 e. The number of benzene rings is 1. The highest BCUT2D eigenvalue weighted by molar-refractivity contribution is 5.90. The maximum absolute atomic E-state index is 13.5. The molecule has 0 radical (unpaired) electrons. The first-order valence-corrected chi connectivity index (χ1v) is 4.60. The van der Waals surface area contributed by atoms with Crippen LogP contribution in [0.2, 0.25) is 0 Å². The second kappa shape index (κ2) is 4.14. The summed E-state index contributed by atoms with van der Waals surface area (Å²) in [6.07, 6.45) is 3.10. The lowest BCUT2D eigenvalue weighted by atomic mass is 10.1. The Balaban J connectivity index is 2.49. The normalized spacial score (nSPS) is 10.1. The Kier molecular flexibility index (Phi) is 2.68. The van der Waals surface area contributed by atoms with Gasteiger partial charge in [-0.2, -0.15) is 0 Å². The monoisotopic (exact) mass is 220 g/mol. The topological polar surface area (TPSA) is 55.0 Å². The third-order valence-corrected chi connectivity index (χ3v) is 2.14. The number of methoxy groups -OCH3 is 1. The van der Waals surface area contributed by atoms with Crippen molar-refractivity contribution in [1.82, 2.24) is 9.97 Å². The van der Waals surface area contributed by atoms with Crippen LogP contribution in [0.1, 0.15) is 10.4 Å². The van der Waals surface area contributed by atoms with Crippen LogP contribution in [0, 0.1) is 5.82 Å². The standard InChI is InChI=1S/C11H9FN2O2/c1-16-11(15)7-2-3-9(12)8(6-7)10-13-4-5-14-10/h2-6H,1H3,(H,13,14). The molecule has 0 aliphatic heterocycles. The summed E-state index contributed by atoms with van der Waals surface area (Å²) >= 11 is 0. The van der Waals surface area contributed by atoms with Gasteiger partial charge in [0.05, 0.1) is 18.2 Å². The van der Waals surface area contributed by atoms with Gasteiger partial charge in [0.15, 0.2) is 0 Å². The zero-order valence-electron chi connectivity index (χ0n) is 8.53. The van der Waals surface area contributed by atoms with Crippen molar-refractivity contribution in [2.45, 2.75) is 0 Å². The number of halogens is 1. The van der Waals surface area contributed by atoms with E-state index >= 15 is 0 Å². The summed E-state index contributed by atoms with van der Waals surface area (Å²) in [5.74, 6) is -0.571. The van der Waals surface area contributed by atoms with Gasteiger partial charge < -0.3 is 9.72 Å². The molecule has 0 unspecified atom stereocenters. The number of hydrogen-bond acceptors (Lipinski definition) is 3. The highest BCUT2D eigenvalue weighted by Crippen LogP contribution is 2.20. The quantitative estimate of drug-likeness (QED) is 0.787. The molecule has 0 saturated heterocycles. The van der Waals surface area contributed by atoms with E-state index in [1.807, 2.05) is 0 Å². The van der Waals surface area contributed by atoms with Gasteiger partial charge in [-0.25, -0.2) is 14.2 Å². The molecule has 1 aromatic heterocycles. The number of rotatable bonds is 2. The largest absolute Gasteiger partial charge is 0.465 e. The maximum Gasteiger partial charge on any atom is 0.337 e. The van der Waals surface area contributed by atoms with E-state index in [9.17, 15) is 9.18 Å². The molecular formula is C11H9FN2O2. The summed E-state index contributed by atoms with van der Waals surface area (Å²) < 4.78 is 18.0. The van der Waals surface area contributed by atoms with Gasteiger partial charge in [-0.05, 0) is 18.2 Å². The SMILES string of the molecule is COC(=O)c1ccc(F)c(-c2ncc[nH]2)c1. The zero-order chi connectivity index (χ0) is 11.5. The molecule has 0 amide bonds. The second-order valence-electron chi connectivity index (χ2n) is 3.12. The van der Waals surface area contributed by atoms with Crippen LogP contribution in [-0.4, -0.2) is 23.0 Å². The molecule has 0 bridgehead atoms. The molecular weight excluding hydrogens is 211 g/mol. The summed E-state index contributed by atoms with van der Waals surface area (Å²) in [5.41, 5.74) is 0.531. The van der Waals surface area contributed by atoms with E-state index in [0.717, 1.165) is 0 Å². The van der Waals surface area contributed by atoms with E-state index in [1.165, 1.54) is 31.5 Å². The average Bonchev–Trinajstić information content (AvgIpc) is 2.82. The van der Waals surface area contributed by atoms with Crippen molar-refractivity contribution >= 4 is 5.97 Å². The lowest BCUT2D eigenvalue weighted by Gasteiger charge is -2.03. The maximum atomic E-state index is 13.5. The molecule has 2 rings (SSSR count). The highest BCUT2D eigenvalue weighted by Gasteiger charge is 2.12. The van der Waals surface area contributed by atoms with E-state index in [1.54, 1.807) is 6.20 Å². The predicted molar refractivity (Wildman–Crippen MR) is 55.3 cm³/mol. The van der Waals surface area contributed by atoms with E-state index < -0.39 is 11.8 Å². The van der Waals surface area contributed by atoms with Crippen LogP contribution in [0.4, 0.5) is 4.39 Å². The number of esters is 1. The molecule has 4 nitrogen and oxygen atoms in total. The van der Waals surface area contributed by atoms with E-state index in [4.69, 9.17) is 0 Å². The second-order valence-corrected chi connectivity index (χ2v) is 3.12. The molecule has 0 atom stereocenters. The number of carbonyl (C=O) groups is 1. The lowest BCUT2D eigenvalue weighted by Crippen LogP contribution is -2.02. The number of nitrogens with one attached hydrogen (secondary N) is 1. The fourth-order valence-electron chi connectivity index (χ4n) is 1.36. The van der Waals surface area contributed by atoms with Crippen molar-refractivity contribution in [3.63, 3.8) is 0 Å². The number of ether oxygens (including phenoxy) is 1. The minimum Gasteiger partial charge on any atom is -0.465 e. The van der Waals surface area contributed by atoms with Gasteiger partial charge in [-0.3, -0.25) is 0 Å². The summed E-state index contributed by atoms with van der Waals surface area (Å²) in [4.78, 5) is 18.0. The number of nitrogens with zero attached hydrogens (tertiary/aromatic N) is 1. The third-order valence-electron chi connectivity index (χ3n) is 2.14. The van der Waals surface area contributed by atoms with E-state index in [-0.39, 0.29) is 11.1 Å². The van der Waals surface area contributed by atoms with Gasteiger partial charge in [0.1, 0.15) is 11.6 Å². The molecule has 16 heavy (non-hydrogen) atoms. The number of hydrogen-bond donors (Lipinski definition) is 1. The van der Waals surface area contributed by atoms with Crippen LogP contribution in [0.5, 0.6) is 0 Å². The highest BCUT2D eigenvalue weighted by atomic mass is 19.1. The Morgan fingerprint density at radius 2 is 2.31 bits per heavy atom. The van der Waals surface area contributed by atoms with Gasteiger partial charge in [0.2, 0.25) is 0 Å². The zero-order valence-corrected chi connectivity index (χ0v) is 8.53. The Bertz CT molecular complexity index is 509. The van der Waals surface area contributed by atoms with Crippen molar-refractivity contribution in [3.05, 3.63) is 42.0 Å². The molecule has 1 aromatic carbocycles. The molecule has 0 spiro atoms. The fraction of sp³-hybridized carbons (Fsp3) is 0.0909. The predicted octanol–water partition coefficient (Wildman–Crippen LogP) is 2.00. The first-order valence-electron chi connectivity index (χ1n) is 4.60. The molecule has 5 heteroatoms. The summed E-state index contributed by atoms with van der Waals surface area (Å²) in [6, 6.07) is 3.98. The van der Waals surface area contributed by atoms with Gasteiger partial charge >= 0.3 is 5.97 Å². The summed E-state index contributed by atoms with van der Waals surface area (Å²) in [5, 5.41) is 0. The molecule has 1 heterocycles. The van der Waals surface area contributed by atoms with Crippen LogP contribution in [-0.2, 0) is 4.74 Å². The third kappa shape index (κ3) is 1.79. The van der Waals surface area contributed by atoms with E-state index in [0.29, 0.717) is 5.82 Å². The van der Waals surface area contributed by atoms with Crippen molar-refractivity contribution < 1.29 is 13.9 Å². The van der Waals surface area contributed by atoms with Crippen LogP contribution in [0.15, 0.2) is 30.6 Å². The fourth-order valence-corrected chi connectivity index (χ4v) is 1.36. The number of aromatic amines is 1. The number of aromatic nitrogens is 2. The number of imidazole rings is 1. The number of H-pyrrole nitrogens is 1. The molecule has 2 aromatic rings. The van der Waals surface area contributed by atoms with Crippen molar-refractivity contribution in [2.24, 2.45) is 0 Å². The molecule has 0 aliphatic carbocycles. The van der Waals surface area contributed by atoms with Crippen LogP contribution in [0.25, 0.3) is 11.4 Å². The Labute approximate surface area is 91.1 Å². The average molecular weight is 220 g/mol. The minimum atomic E-state index is -0.507. The Hall–Kier alpha value is -2.17. The first kappa shape index (κ1) is 10.4. The summed E-state index contributed by atoms with van der Waals surface area (Å²) in [7, 11) is 1.28. The van der Waals surface area contributed by atoms with E-state index in [2.05, 4.69) is 14.7 Å². The Morgan fingerprint density at radius 3 is 2.94 bits per heavy atom. The van der Waals surface area contributed by atoms with Gasteiger partial charge in [-0.1, -0.05) is 0 Å². The minimum absolute atomic E-state index is 0.243. The molecule has 82 valence electrons. The molecule has 0 saturated carbocycles. The number of carbonyl (C=O) groups excluding carboxylic acids is 1.